The topological polar surface area (TPSA) is 27.5 Å². The van der Waals surface area contributed by atoms with Gasteiger partial charge < -0.3 is 19.3 Å². The van der Waals surface area contributed by atoms with E-state index in [2.05, 4.69) is 189 Å². The molecule has 5 nitrogen and oxygen atoms in total. The van der Waals surface area contributed by atoms with Gasteiger partial charge in [-0.15, -0.1) is 35.7 Å². The number of benzene rings is 8. The van der Waals surface area contributed by atoms with Gasteiger partial charge in [-0.3, -0.25) is 0 Å². The Labute approximate surface area is 413 Å². The molecule has 0 unspecified atom stereocenters. The average Bonchev–Trinajstić information content (AvgIpc) is 3.94. The van der Waals surface area contributed by atoms with Crippen molar-refractivity contribution in [1.29, 1.82) is 0 Å². The summed E-state index contributed by atoms with van der Waals surface area (Å²) in [5.74, 6) is 1.48. The SMILES string of the molecule is [2H]C([2H])([2H])N1CN(c2[c-]c(N(c3[c-]c4c(cc3)c3ccccc3n4-c3cc(-c4c(C(C)C)cccc4C(C)C)ccn3)c3c(-c4ccccc4)cccc3-c3ccccc3)ccc2)c2ccccc21.[Pt+2]. The van der Waals surface area contributed by atoms with Crippen LogP contribution in [-0.2, 0) is 21.1 Å². The standard InChI is InChI=1S/C61H51N5.Pt/c1-41(2)49-26-17-27-50(42(3)4)60(49)45-35-36-62-59(37-45)66-55-30-13-12-25-53(55)54-34-33-48(39-58(54)66)65(47-24-16-23-46(38-47)64-40-63(5)56-31-14-15-32-57(56)64)61-51(43-19-8-6-9-20-43)28-18-29-52(61)44-21-10-7-11-22-44;/h6-37,41-42H,40H2,1-5H3;/q-2;+2/i5D3;. The number of nitrogens with zero attached hydrogens (tertiary/aromatic N) is 5. The third-order valence-electron chi connectivity index (χ3n) is 12.9. The van der Waals surface area contributed by atoms with Gasteiger partial charge in [0.25, 0.3) is 0 Å². The molecule has 1 aliphatic rings. The first-order chi connectivity index (χ1) is 33.5. The molecule has 330 valence electrons. The summed E-state index contributed by atoms with van der Waals surface area (Å²) in [6.07, 6.45) is 1.94. The first kappa shape index (κ1) is 40.1. The first-order valence-corrected chi connectivity index (χ1v) is 22.8. The van der Waals surface area contributed by atoms with E-state index >= 15 is 0 Å². The Balaban J connectivity index is 0.00000567. The number of para-hydroxylation sites is 4. The fourth-order valence-corrected chi connectivity index (χ4v) is 9.84. The van der Waals surface area contributed by atoms with Crippen LogP contribution in [0.15, 0.2) is 194 Å². The van der Waals surface area contributed by atoms with Crippen molar-refractivity contribution in [1.82, 2.24) is 9.55 Å². The minimum absolute atomic E-state index is 0. The maximum atomic E-state index is 8.46. The van der Waals surface area contributed by atoms with Gasteiger partial charge in [-0.2, -0.15) is 12.1 Å². The first-order valence-electron chi connectivity index (χ1n) is 24.3. The maximum Gasteiger partial charge on any atom is 2.00 e. The summed E-state index contributed by atoms with van der Waals surface area (Å²) in [5.41, 5.74) is 15.9. The number of fused-ring (bicyclic) bond motifs is 4. The van der Waals surface area contributed by atoms with Crippen LogP contribution >= 0.6 is 0 Å². The van der Waals surface area contributed by atoms with Crippen molar-refractivity contribution in [3.63, 3.8) is 0 Å². The molecule has 0 bridgehead atoms. The van der Waals surface area contributed by atoms with Crippen LogP contribution in [0.1, 0.15) is 54.8 Å². The number of rotatable bonds is 10. The van der Waals surface area contributed by atoms with Crippen LogP contribution in [0, 0.1) is 12.1 Å². The van der Waals surface area contributed by atoms with E-state index in [0.717, 1.165) is 83.9 Å². The zero-order valence-electron chi connectivity index (χ0n) is 40.9. The van der Waals surface area contributed by atoms with E-state index in [4.69, 9.17) is 9.10 Å². The number of aromatic nitrogens is 2. The zero-order valence-corrected chi connectivity index (χ0v) is 40.2. The third-order valence-corrected chi connectivity index (χ3v) is 12.9. The molecule has 0 saturated heterocycles. The van der Waals surface area contributed by atoms with Crippen LogP contribution in [0.5, 0.6) is 0 Å². The predicted molar refractivity (Wildman–Crippen MR) is 277 cm³/mol. The molecule has 1 aliphatic heterocycles. The van der Waals surface area contributed by atoms with E-state index < -0.39 is 6.98 Å². The summed E-state index contributed by atoms with van der Waals surface area (Å²) >= 11 is 0. The number of anilines is 6. The molecule has 10 aromatic rings. The predicted octanol–water partition coefficient (Wildman–Crippen LogP) is 16.0. The molecule has 0 aliphatic carbocycles. The van der Waals surface area contributed by atoms with Gasteiger partial charge in [0.05, 0.1) is 23.7 Å². The Morgan fingerprint density at radius 2 is 1.18 bits per heavy atom. The second-order valence-electron chi connectivity index (χ2n) is 17.7. The summed E-state index contributed by atoms with van der Waals surface area (Å²) in [4.78, 5) is 10.9. The summed E-state index contributed by atoms with van der Waals surface area (Å²) in [6.45, 7) is 6.88. The zero-order chi connectivity index (χ0) is 47.4. The van der Waals surface area contributed by atoms with Crippen LogP contribution in [0.4, 0.5) is 34.1 Å². The van der Waals surface area contributed by atoms with E-state index in [0.29, 0.717) is 17.5 Å². The van der Waals surface area contributed by atoms with Gasteiger partial charge >= 0.3 is 21.1 Å². The molecule has 3 heterocycles. The summed E-state index contributed by atoms with van der Waals surface area (Å²) in [5, 5.41) is 2.16. The molecule has 0 radical (unpaired) electrons. The molecule has 6 heteroatoms. The van der Waals surface area contributed by atoms with E-state index in [-0.39, 0.29) is 27.7 Å². The summed E-state index contributed by atoms with van der Waals surface area (Å²) in [6, 6.07) is 73.2. The Bertz CT molecular complexity index is 3430. The Kier molecular flexibility index (Phi) is 10.9. The van der Waals surface area contributed by atoms with E-state index in [9.17, 15) is 0 Å². The minimum Gasteiger partial charge on any atom is -0.357 e. The fourth-order valence-electron chi connectivity index (χ4n) is 9.84. The van der Waals surface area contributed by atoms with Gasteiger partial charge in [0.2, 0.25) is 0 Å². The molecule has 11 rings (SSSR count). The van der Waals surface area contributed by atoms with E-state index in [1.165, 1.54) is 21.6 Å². The average molecular weight is 1050 g/mol. The summed E-state index contributed by atoms with van der Waals surface area (Å²) < 4.78 is 27.6. The van der Waals surface area contributed by atoms with Crippen LogP contribution in [0.25, 0.3) is 61.0 Å². The van der Waals surface area contributed by atoms with Crippen molar-refractivity contribution in [3.8, 4) is 39.2 Å². The Morgan fingerprint density at radius 3 is 1.87 bits per heavy atom. The van der Waals surface area contributed by atoms with Crippen molar-refractivity contribution < 1.29 is 25.2 Å². The number of hydrogen-bond acceptors (Lipinski definition) is 4. The summed E-state index contributed by atoms with van der Waals surface area (Å²) in [7, 11) is 0. The minimum atomic E-state index is -2.33. The van der Waals surface area contributed by atoms with Gasteiger partial charge in [-0.05, 0) is 80.9 Å². The molecule has 0 spiro atoms. The second kappa shape index (κ2) is 18.2. The Morgan fingerprint density at radius 1 is 0.567 bits per heavy atom. The van der Waals surface area contributed by atoms with E-state index in [1.807, 2.05) is 59.6 Å². The van der Waals surface area contributed by atoms with Crippen molar-refractivity contribution in [2.24, 2.45) is 0 Å². The molecule has 67 heavy (non-hydrogen) atoms. The quantitative estimate of drug-likeness (QED) is 0.128. The fraction of sp³-hybridized carbons (Fsp3) is 0.131. The smallest absolute Gasteiger partial charge is 0.357 e. The molecule has 0 atom stereocenters. The van der Waals surface area contributed by atoms with Gasteiger partial charge in [0.1, 0.15) is 5.82 Å². The largest absolute Gasteiger partial charge is 2.00 e. The van der Waals surface area contributed by atoms with Crippen molar-refractivity contribution in [2.45, 2.75) is 39.5 Å². The van der Waals surface area contributed by atoms with E-state index in [1.54, 1.807) is 0 Å². The monoisotopic (exact) mass is 1050 g/mol. The molecular weight excluding hydrogens is 998 g/mol. The van der Waals surface area contributed by atoms with Gasteiger partial charge in [0, 0.05) is 33.9 Å². The molecule has 0 saturated carbocycles. The maximum absolute atomic E-state index is 8.46. The van der Waals surface area contributed by atoms with Crippen LogP contribution in [-0.4, -0.2) is 23.2 Å². The van der Waals surface area contributed by atoms with Crippen molar-refractivity contribution in [3.05, 3.63) is 218 Å². The van der Waals surface area contributed by atoms with Crippen LogP contribution < -0.4 is 14.7 Å². The third kappa shape index (κ3) is 7.81. The van der Waals surface area contributed by atoms with Gasteiger partial charge in [-0.1, -0.05) is 178 Å². The van der Waals surface area contributed by atoms with Crippen LogP contribution in [0.3, 0.4) is 0 Å². The van der Waals surface area contributed by atoms with Gasteiger partial charge in [-0.25, -0.2) is 4.98 Å². The molecular formula is C61H51N5Pt. The van der Waals surface area contributed by atoms with Crippen molar-refractivity contribution in [2.75, 3.05) is 28.3 Å². The second-order valence-corrected chi connectivity index (χ2v) is 17.7. The number of hydrogen-bond donors (Lipinski definition) is 0. The van der Waals surface area contributed by atoms with Crippen molar-refractivity contribution >= 4 is 55.9 Å². The molecule has 0 amide bonds. The number of pyridine rings is 1. The molecule has 0 N–H and O–H groups in total. The van der Waals surface area contributed by atoms with Crippen LogP contribution in [0.2, 0.25) is 0 Å². The van der Waals surface area contributed by atoms with Gasteiger partial charge in [0.15, 0.2) is 0 Å². The normalized spacial score (nSPS) is 13.1. The Hall–Kier alpha value is -7.20. The molecule has 0 fully saturated rings. The molecule has 2 aromatic heterocycles. The molecule has 8 aromatic carbocycles.